The first kappa shape index (κ1) is 12.0. The Morgan fingerprint density at radius 3 is 2.65 bits per heavy atom. The molecule has 1 aromatic rings. The van der Waals surface area contributed by atoms with Crippen molar-refractivity contribution in [2.75, 3.05) is 6.54 Å². The highest BCUT2D eigenvalue weighted by atomic mass is 19.4. The number of hydrogen-bond acceptors (Lipinski definition) is 1. The van der Waals surface area contributed by atoms with Crippen LogP contribution in [-0.4, -0.2) is 31.4 Å². The zero-order valence-corrected chi connectivity index (χ0v) is 8.92. The average molecular weight is 239 g/mol. The minimum atomic E-state index is -4.80. The summed E-state index contributed by atoms with van der Waals surface area (Å²) in [5, 5.41) is 0. The third kappa shape index (κ3) is 2.45. The predicted octanol–water partition coefficient (Wildman–Crippen LogP) is 0.927. The Hall–Kier alpha value is -1.46. The summed E-state index contributed by atoms with van der Waals surface area (Å²) in [6.45, 7) is 0.0722. The SMILES string of the molecule is [B]c1ccc2c(c1)CCN(C(=O)C(F)(F)F)C2. The lowest BCUT2D eigenvalue weighted by molar-refractivity contribution is -0.186. The fourth-order valence-corrected chi connectivity index (χ4v) is 1.93. The van der Waals surface area contributed by atoms with Gasteiger partial charge in [0.2, 0.25) is 0 Å². The number of alkyl halides is 3. The van der Waals surface area contributed by atoms with Crippen molar-refractivity contribution in [1.29, 1.82) is 0 Å². The van der Waals surface area contributed by atoms with Crippen LogP contribution in [0.25, 0.3) is 0 Å². The van der Waals surface area contributed by atoms with Crippen LogP contribution in [0.5, 0.6) is 0 Å². The van der Waals surface area contributed by atoms with Crippen molar-refractivity contribution in [2.24, 2.45) is 0 Å². The molecule has 0 bridgehead atoms. The van der Waals surface area contributed by atoms with Crippen LogP contribution in [0.3, 0.4) is 0 Å². The lowest BCUT2D eigenvalue weighted by Gasteiger charge is -2.29. The number of amides is 1. The number of hydrogen-bond donors (Lipinski definition) is 0. The van der Waals surface area contributed by atoms with Crippen LogP contribution in [0.1, 0.15) is 11.1 Å². The van der Waals surface area contributed by atoms with Crippen molar-refractivity contribution in [3.05, 3.63) is 29.3 Å². The molecule has 0 unspecified atom stereocenters. The van der Waals surface area contributed by atoms with E-state index in [1.165, 1.54) is 0 Å². The second kappa shape index (κ2) is 4.09. The van der Waals surface area contributed by atoms with Crippen LogP contribution in [-0.2, 0) is 17.8 Å². The summed E-state index contributed by atoms with van der Waals surface area (Å²) in [5.74, 6) is -1.78. The van der Waals surface area contributed by atoms with Crippen LogP contribution in [0.4, 0.5) is 13.2 Å². The third-order valence-corrected chi connectivity index (χ3v) is 2.77. The molecule has 1 heterocycles. The molecule has 1 aromatic carbocycles. The number of carbonyl (C=O) groups excluding carboxylic acids is 1. The van der Waals surface area contributed by atoms with Gasteiger partial charge in [-0.1, -0.05) is 23.7 Å². The Kier molecular flexibility index (Phi) is 2.89. The summed E-state index contributed by atoms with van der Waals surface area (Å²) in [6, 6.07) is 5.03. The first-order valence-corrected chi connectivity index (χ1v) is 5.11. The molecule has 0 saturated carbocycles. The molecule has 2 nitrogen and oxygen atoms in total. The van der Waals surface area contributed by atoms with Gasteiger partial charge < -0.3 is 4.90 Å². The Morgan fingerprint density at radius 1 is 1.29 bits per heavy atom. The summed E-state index contributed by atoms with van der Waals surface area (Å²) >= 11 is 0. The van der Waals surface area contributed by atoms with E-state index in [-0.39, 0.29) is 13.1 Å². The summed E-state index contributed by atoms with van der Waals surface area (Å²) in [6.07, 6.45) is -4.40. The van der Waals surface area contributed by atoms with E-state index < -0.39 is 12.1 Å². The van der Waals surface area contributed by atoms with E-state index in [0.717, 1.165) is 16.0 Å². The number of benzene rings is 1. The Morgan fingerprint density at radius 2 is 2.00 bits per heavy atom. The Balaban J connectivity index is 2.19. The fraction of sp³-hybridized carbons (Fsp3) is 0.364. The number of rotatable bonds is 0. The van der Waals surface area contributed by atoms with Crippen LogP contribution < -0.4 is 5.46 Å². The quantitative estimate of drug-likeness (QED) is 0.616. The largest absolute Gasteiger partial charge is 0.471 e. The molecule has 0 aliphatic carbocycles. The Bertz CT molecular complexity index is 459. The van der Waals surface area contributed by atoms with Crippen LogP contribution in [0.15, 0.2) is 18.2 Å². The smallest absolute Gasteiger partial charge is 0.330 e. The second-order valence-electron chi connectivity index (χ2n) is 4.00. The molecule has 17 heavy (non-hydrogen) atoms. The normalized spacial score (nSPS) is 15.6. The van der Waals surface area contributed by atoms with E-state index in [0.29, 0.717) is 11.9 Å². The van der Waals surface area contributed by atoms with Crippen LogP contribution in [0.2, 0.25) is 0 Å². The van der Waals surface area contributed by atoms with Gasteiger partial charge in [-0.15, -0.1) is 0 Å². The number of carbonyl (C=O) groups is 1. The molecule has 2 rings (SSSR count). The standard InChI is InChI=1S/C11H9BF3NO/c12-9-2-1-8-6-16(4-3-7(8)5-9)10(17)11(13,14)15/h1-2,5H,3-4,6H2. The highest BCUT2D eigenvalue weighted by molar-refractivity contribution is 6.32. The van der Waals surface area contributed by atoms with E-state index in [1.54, 1.807) is 18.2 Å². The Labute approximate surface area is 97.8 Å². The molecule has 0 aromatic heterocycles. The monoisotopic (exact) mass is 239 g/mol. The van der Waals surface area contributed by atoms with Gasteiger partial charge in [-0.3, -0.25) is 4.79 Å². The van der Waals surface area contributed by atoms with Gasteiger partial charge in [0, 0.05) is 13.1 Å². The van der Waals surface area contributed by atoms with Gasteiger partial charge in [0.1, 0.15) is 7.85 Å². The summed E-state index contributed by atoms with van der Waals surface area (Å²) < 4.78 is 36.8. The number of nitrogens with zero attached hydrogens (tertiary/aromatic N) is 1. The van der Waals surface area contributed by atoms with Crippen LogP contribution in [0, 0.1) is 0 Å². The zero-order chi connectivity index (χ0) is 12.6. The van der Waals surface area contributed by atoms with Crippen LogP contribution >= 0.6 is 0 Å². The van der Waals surface area contributed by atoms with E-state index >= 15 is 0 Å². The molecule has 6 heteroatoms. The third-order valence-electron chi connectivity index (χ3n) is 2.77. The molecule has 0 fully saturated rings. The van der Waals surface area contributed by atoms with Crippen molar-refractivity contribution >= 4 is 19.2 Å². The summed E-state index contributed by atoms with van der Waals surface area (Å²) in [4.78, 5) is 11.9. The van der Waals surface area contributed by atoms with Gasteiger partial charge in [-0.25, -0.2) is 0 Å². The molecular weight excluding hydrogens is 230 g/mol. The molecular formula is C11H9BF3NO. The zero-order valence-electron chi connectivity index (χ0n) is 8.92. The van der Waals surface area contributed by atoms with Crippen molar-refractivity contribution in [2.45, 2.75) is 19.1 Å². The van der Waals surface area contributed by atoms with E-state index in [1.807, 2.05) is 0 Å². The van der Waals surface area contributed by atoms with Crippen molar-refractivity contribution in [1.82, 2.24) is 4.90 Å². The van der Waals surface area contributed by atoms with Gasteiger partial charge in [-0.05, 0) is 17.5 Å². The summed E-state index contributed by atoms with van der Waals surface area (Å²) in [5.41, 5.74) is 2.22. The molecule has 1 aliphatic heterocycles. The molecule has 1 aliphatic rings. The maximum Gasteiger partial charge on any atom is 0.471 e. The lowest BCUT2D eigenvalue weighted by Crippen LogP contribution is -2.43. The van der Waals surface area contributed by atoms with Crippen molar-refractivity contribution in [3.8, 4) is 0 Å². The molecule has 0 saturated heterocycles. The van der Waals surface area contributed by atoms with Gasteiger partial charge in [0.15, 0.2) is 0 Å². The molecule has 2 radical (unpaired) electrons. The summed E-state index contributed by atoms with van der Waals surface area (Å²) in [7, 11) is 5.59. The highest BCUT2D eigenvalue weighted by Crippen LogP contribution is 2.24. The average Bonchev–Trinajstić information content (AvgIpc) is 2.26. The van der Waals surface area contributed by atoms with Gasteiger partial charge in [0.05, 0.1) is 0 Å². The van der Waals surface area contributed by atoms with E-state index in [9.17, 15) is 18.0 Å². The maximum absolute atomic E-state index is 12.3. The number of fused-ring (bicyclic) bond motifs is 1. The fourth-order valence-electron chi connectivity index (χ4n) is 1.93. The predicted molar refractivity (Wildman–Crippen MR) is 57.0 cm³/mol. The highest BCUT2D eigenvalue weighted by Gasteiger charge is 2.43. The minimum Gasteiger partial charge on any atom is -0.330 e. The van der Waals surface area contributed by atoms with Crippen molar-refractivity contribution in [3.63, 3.8) is 0 Å². The topological polar surface area (TPSA) is 20.3 Å². The minimum absolute atomic E-state index is 0.00600. The first-order chi connectivity index (χ1) is 7.88. The van der Waals surface area contributed by atoms with E-state index in [4.69, 9.17) is 7.85 Å². The molecule has 1 amide bonds. The van der Waals surface area contributed by atoms with Gasteiger partial charge in [-0.2, -0.15) is 13.2 Å². The lowest BCUT2D eigenvalue weighted by atomic mass is 9.89. The number of halogens is 3. The second-order valence-corrected chi connectivity index (χ2v) is 4.00. The molecule has 0 N–H and O–H groups in total. The maximum atomic E-state index is 12.3. The molecule has 0 atom stereocenters. The molecule has 0 spiro atoms. The van der Waals surface area contributed by atoms with Gasteiger partial charge in [0.25, 0.3) is 0 Å². The molecule has 88 valence electrons. The van der Waals surface area contributed by atoms with Gasteiger partial charge >= 0.3 is 12.1 Å². The first-order valence-electron chi connectivity index (χ1n) is 5.11. The van der Waals surface area contributed by atoms with E-state index in [2.05, 4.69) is 0 Å². The van der Waals surface area contributed by atoms with Crippen molar-refractivity contribution < 1.29 is 18.0 Å².